The molecule has 0 bridgehead atoms. The summed E-state index contributed by atoms with van der Waals surface area (Å²) in [5, 5.41) is 18.1. The number of nitrogens with zero attached hydrogens (tertiary/aromatic N) is 1. The van der Waals surface area contributed by atoms with Crippen LogP contribution in [0.3, 0.4) is 0 Å². The molecule has 3 aromatic carbocycles. The van der Waals surface area contributed by atoms with Crippen LogP contribution in [0.4, 0.5) is 14.5 Å². The Hall–Kier alpha value is -4.27. The second-order valence-electron chi connectivity index (χ2n) is 6.67. The van der Waals surface area contributed by atoms with E-state index in [4.69, 9.17) is 9.84 Å². The number of ether oxygens (including phenoxy) is 1. The lowest BCUT2D eigenvalue weighted by Gasteiger charge is -2.22. The van der Waals surface area contributed by atoms with E-state index in [1.165, 1.54) is 30.3 Å². The molecule has 0 aliphatic rings. The average molecular weight is 441 g/mol. The number of aromatic carboxylic acids is 1. The van der Waals surface area contributed by atoms with Crippen LogP contribution in [-0.4, -0.2) is 34.6 Å². The summed E-state index contributed by atoms with van der Waals surface area (Å²) in [6, 6.07) is 14.7. The van der Waals surface area contributed by atoms with Crippen LogP contribution in [0.2, 0.25) is 0 Å². The molecule has 1 amide bonds. The van der Waals surface area contributed by atoms with Gasteiger partial charge in [-0.2, -0.15) is 0 Å². The molecule has 0 fully saturated rings. The first-order valence-electron chi connectivity index (χ1n) is 9.29. The van der Waals surface area contributed by atoms with Crippen LogP contribution < -0.4 is 9.64 Å². The van der Waals surface area contributed by atoms with Gasteiger partial charge in [0, 0.05) is 11.8 Å². The molecule has 0 radical (unpaired) electrons. The van der Waals surface area contributed by atoms with Gasteiger partial charge in [0.1, 0.15) is 36.1 Å². The first-order chi connectivity index (χ1) is 15.3. The predicted molar refractivity (Wildman–Crippen MR) is 110 cm³/mol. The van der Waals surface area contributed by atoms with Crippen molar-refractivity contribution in [2.45, 2.75) is 6.61 Å². The molecule has 0 atom stereocenters. The molecule has 7 nitrogen and oxygen atoms in total. The van der Waals surface area contributed by atoms with E-state index in [0.717, 1.165) is 23.1 Å². The smallest absolute Gasteiger partial charge is 0.335 e. The summed E-state index contributed by atoms with van der Waals surface area (Å²) in [6.07, 6.45) is 0. The Morgan fingerprint density at radius 3 is 2.09 bits per heavy atom. The number of carboxylic acids is 2. The Morgan fingerprint density at radius 2 is 1.50 bits per heavy atom. The van der Waals surface area contributed by atoms with Crippen molar-refractivity contribution in [2.75, 3.05) is 11.4 Å². The van der Waals surface area contributed by atoms with Gasteiger partial charge in [-0.3, -0.25) is 14.5 Å². The molecular weight excluding hydrogens is 424 g/mol. The highest BCUT2D eigenvalue weighted by atomic mass is 19.1. The van der Waals surface area contributed by atoms with Gasteiger partial charge in [0.05, 0.1) is 5.56 Å². The van der Waals surface area contributed by atoms with Crippen molar-refractivity contribution in [3.63, 3.8) is 0 Å². The average Bonchev–Trinajstić information content (AvgIpc) is 2.76. The SMILES string of the molecule is O=C(O)CN(C(=O)c1c(F)cccc1F)c1cccc(OCc2ccc(C(=O)O)cc2)c1. The van der Waals surface area contributed by atoms with Gasteiger partial charge < -0.3 is 14.9 Å². The highest BCUT2D eigenvalue weighted by Crippen LogP contribution is 2.25. The van der Waals surface area contributed by atoms with Crippen molar-refractivity contribution in [3.05, 3.63) is 95.1 Å². The monoisotopic (exact) mass is 441 g/mol. The number of carbonyl (C=O) groups is 3. The summed E-state index contributed by atoms with van der Waals surface area (Å²) in [7, 11) is 0. The van der Waals surface area contributed by atoms with E-state index in [1.807, 2.05) is 0 Å². The summed E-state index contributed by atoms with van der Waals surface area (Å²) in [4.78, 5) is 35.8. The fraction of sp³-hybridized carbons (Fsp3) is 0.0870. The molecule has 9 heteroatoms. The van der Waals surface area contributed by atoms with Gasteiger partial charge in [-0.05, 0) is 42.0 Å². The number of hydrogen-bond donors (Lipinski definition) is 2. The third-order valence-corrected chi connectivity index (χ3v) is 4.45. The van der Waals surface area contributed by atoms with Crippen molar-refractivity contribution in [1.29, 1.82) is 0 Å². The molecule has 0 aromatic heterocycles. The molecule has 3 rings (SSSR count). The van der Waals surface area contributed by atoms with E-state index in [2.05, 4.69) is 0 Å². The number of aliphatic carboxylic acids is 1. The predicted octanol–water partition coefficient (Wildman–Crippen LogP) is 3.97. The largest absolute Gasteiger partial charge is 0.489 e. The number of rotatable bonds is 8. The Bertz CT molecular complexity index is 1140. The fourth-order valence-electron chi connectivity index (χ4n) is 2.90. The molecule has 3 aromatic rings. The Kier molecular flexibility index (Phi) is 6.79. The van der Waals surface area contributed by atoms with Crippen LogP contribution in [0.25, 0.3) is 0 Å². The highest BCUT2D eigenvalue weighted by Gasteiger charge is 2.26. The zero-order chi connectivity index (χ0) is 23.3. The van der Waals surface area contributed by atoms with Crippen LogP contribution in [-0.2, 0) is 11.4 Å². The minimum atomic E-state index is -1.38. The maximum atomic E-state index is 14.1. The summed E-state index contributed by atoms with van der Waals surface area (Å²) in [6.45, 7) is -0.759. The van der Waals surface area contributed by atoms with E-state index in [-0.39, 0.29) is 23.6 Å². The second-order valence-corrected chi connectivity index (χ2v) is 6.67. The van der Waals surface area contributed by atoms with Gasteiger partial charge in [0.2, 0.25) is 0 Å². The summed E-state index contributed by atoms with van der Waals surface area (Å²) in [5.41, 5.74) is 0.00335. The molecule has 32 heavy (non-hydrogen) atoms. The molecule has 0 spiro atoms. The molecule has 164 valence electrons. The van der Waals surface area contributed by atoms with Gasteiger partial charge in [-0.1, -0.05) is 24.3 Å². The fourth-order valence-corrected chi connectivity index (χ4v) is 2.90. The number of amides is 1. The third-order valence-electron chi connectivity index (χ3n) is 4.45. The number of anilines is 1. The number of carbonyl (C=O) groups excluding carboxylic acids is 1. The molecule has 0 aliphatic heterocycles. The van der Waals surface area contributed by atoms with Crippen molar-refractivity contribution in [1.82, 2.24) is 0 Å². The zero-order valence-corrected chi connectivity index (χ0v) is 16.5. The topological polar surface area (TPSA) is 104 Å². The summed E-state index contributed by atoms with van der Waals surface area (Å²) in [5.74, 6) is -5.53. The van der Waals surface area contributed by atoms with Gasteiger partial charge in [-0.15, -0.1) is 0 Å². The van der Waals surface area contributed by atoms with Gasteiger partial charge in [0.15, 0.2) is 0 Å². The lowest BCUT2D eigenvalue weighted by Crippen LogP contribution is -2.36. The third kappa shape index (κ3) is 5.25. The molecule has 0 saturated heterocycles. The van der Waals surface area contributed by atoms with Crippen LogP contribution in [0.15, 0.2) is 66.7 Å². The second kappa shape index (κ2) is 9.69. The Morgan fingerprint density at radius 1 is 0.875 bits per heavy atom. The first-order valence-corrected chi connectivity index (χ1v) is 9.29. The van der Waals surface area contributed by atoms with Gasteiger partial charge in [-0.25, -0.2) is 13.6 Å². The normalized spacial score (nSPS) is 10.4. The summed E-state index contributed by atoms with van der Waals surface area (Å²) < 4.78 is 33.8. The Balaban J connectivity index is 1.84. The van der Waals surface area contributed by atoms with Crippen molar-refractivity contribution >= 4 is 23.5 Å². The summed E-state index contributed by atoms with van der Waals surface area (Å²) >= 11 is 0. The minimum absolute atomic E-state index is 0.0676. The van der Waals surface area contributed by atoms with E-state index in [1.54, 1.807) is 18.2 Å². The van der Waals surface area contributed by atoms with Crippen molar-refractivity contribution < 1.29 is 38.1 Å². The zero-order valence-electron chi connectivity index (χ0n) is 16.5. The van der Waals surface area contributed by atoms with Crippen LogP contribution in [0.1, 0.15) is 26.3 Å². The van der Waals surface area contributed by atoms with E-state index in [9.17, 15) is 28.3 Å². The van der Waals surface area contributed by atoms with E-state index >= 15 is 0 Å². The minimum Gasteiger partial charge on any atom is -0.489 e. The first kappa shape index (κ1) is 22.4. The molecule has 0 unspecified atom stereocenters. The van der Waals surface area contributed by atoms with Crippen LogP contribution >= 0.6 is 0 Å². The lowest BCUT2D eigenvalue weighted by atomic mass is 10.1. The van der Waals surface area contributed by atoms with Crippen LogP contribution in [0.5, 0.6) is 5.75 Å². The Labute approximate surface area is 181 Å². The van der Waals surface area contributed by atoms with Gasteiger partial charge >= 0.3 is 11.9 Å². The quantitative estimate of drug-likeness (QED) is 0.548. The number of benzene rings is 3. The molecule has 0 heterocycles. The molecule has 0 aliphatic carbocycles. The van der Waals surface area contributed by atoms with Crippen molar-refractivity contribution in [3.8, 4) is 5.75 Å². The number of hydrogen-bond acceptors (Lipinski definition) is 4. The van der Waals surface area contributed by atoms with Gasteiger partial charge in [0.25, 0.3) is 5.91 Å². The number of halogens is 2. The number of carboxylic acid groups (broad SMARTS) is 2. The molecule has 0 saturated carbocycles. The lowest BCUT2D eigenvalue weighted by molar-refractivity contribution is -0.135. The van der Waals surface area contributed by atoms with Crippen molar-refractivity contribution in [2.24, 2.45) is 0 Å². The standard InChI is InChI=1S/C23H17F2NO6/c24-18-5-2-6-19(25)21(18)22(29)26(12-20(27)28)16-3-1-4-17(11-16)32-13-14-7-9-15(10-8-14)23(30)31/h1-11H,12-13H2,(H,27,28)(H,30,31). The maximum Gasteiger partial charge on any atom is 0.335 e. The van der Waals surface area contributed by atoms with E-state index < -0.39 is 41.6 Å². The van der Waals surface area contributed by atoms with E-state index in [0.29, 0.717) is 5.56 Å². The molecular formula is C23H17F2NO6. The maximum absolute atomic E-state index is 14.1. The highest BCUT2D eigenvalue weighted by molar-refractivity contribution is 6.08. The molecule has 2 N–H and O–H groups in total. The van der Waals surface area contributed by atoms with Crippen LogP contribution in [0, 0.1) is 11.6 Å².